The fourth-order valence-electron chi connectivity index (χ4n) is 2.51. The molecule has 2 unspecified atom stereocenters. The second-order valence-electron chi connectivity index (χ2n) is 5.85. The van der Waals surface area contributed by atoms with Gasteiger partial charge >= 0.3 is 0 Å². The molecule has 124 valence electrons. The zero-order chi connectivity index (χ0) is 17.3. The van der Waals surface area contributed by atoms with Gasteiger partial charge in [0.05, 0.1) is 11.8 Å². The Labute approximate surface area is 150 Å². The molecule has 0 aromatic heterocycles. The van der Waals surface area contributed by atoms with Crippen LogP contribution in [0.2, 0.25) is 10.0 Å². The van der Waals surface area contributed by atoms with Gasteiger partial charge in [0.1, 0.15) is 0 Å². The first kappa shape index (κ1) is 16.8. The van der Waals surface area contributed by atoms with Crippen LogP contribution in [0, 0.1) is 18.8 Å². The van der Waals surface area contributed by atoms with Gasteiger partial charge in [-0.25, -0.2) is 0 Å². The van der Waals surface area contributed by atoms with E-state index in [0.717, 1.165) is 5.56 Å². The van der Waals surface area contributed by atoms with Gasteiger partial charge in [0.2, 0.25) is 11.8 Å². The van der Waals surface area contributed by atoms with Crippen LogP contribution < -0.4 is 10.6 Å². The van der Waals surface area contributed by atoms with E-state index < -0.39 is 0 Å². The summed E-state index contributed by atoms with van der Waals surface area (Å²) in [6, 6.07) is 12.2. The van der Waals surface area contributed by atoms with Crippen LogP contribution in [0.1, 0.15) is 12.0 Å². The van der Waals surface area contributed by atoms with Crippen molar-refractivity contribution in [2.75, 3.05) is 10.6 Å². The predicted octanol–water partition coefficient (Wildman–Crippen LogP) is 4.52. The second-order valence-corrected chi connectivity index (χ2v) is 6.69. The molecule has 2 N–H and O–H groups in total. The first-order valence-corrected chi connectivity index (χ1v) is 8.33. The SMILES string of the molecule is Cc1c(Cl)cccc1NC(=O)C1CC1C(=O)Nc1ccc(Cl)cc1. The first-order chi connectivity index (χ1) is 11.5. The van der Waals surface area contributed by atoms with Crippen LogP contribution in [0.25, 0.3) is 0 Å². The lowest BCUT2D eigenvalue weighted by molar-refractivity contribution is -0.122. The van der Waals surface area contributed by atoms with Gasteiger partial charge in [-0.05, 0) is 55.3 Å². The van der Waals surface area contributed by atoms with E-state index in [0.29, 0.717) is 27.8 Å². The van der Waals surface area contributed by atoms with Crippen molar-refractivity contribution in [2.45, 2.75) is 13.3 Å². The Morgan fingerprint density at radius 3 is 2.25 bits per heavy atom. The number of carbonyl (C=O) groups excluding carboxylic acids is 2. The molecule has 0 bridgehead atoms. The maximum Gasteiger partial charge on any atom is 0.228 e. The summed E-state index contributed by atoms with van der Waals surface area (Å²) in [4.78, 5) is 24.5. The number of hydrogen-bond acceptors (Lipinski definition) is 2. The van der Waals surface area contributed by atoms with Crippen LogP contribution in [-0.2, 0) is 9.59 Å². The average molecular weight is 363 g/mol. The van der Waals surface area contributed by atoms with E-state index in [1.165, 1.54) is 0 Å². The Balaban J connectivity index is 1.58. The molecule has 2 aromatic rings. The van der Waals surface area contributed by atoms with Crippen LogP contribution in [0.4, 0.5) is 11.4 Å². The molecule has 3 rings (SSSR count). The molecule has 0 heterocycles. The fourth-order valence-corrected chi connectivity index (χ4v) is 2.81. The third-order valence-electron chi connectivity index (χ3n) is 4.10. The number of benzene rings is 2. The summed E-state index contributed by atoms with van der Waals surface area (Å²) in [6.45, 7) is 1.84. The number of carbonyl (C=O) groups is 2. The second kappa shape index (κ2) is 6.83. The normalized spacial score (nSPS) is 18.8. The highest BCUT2D eigenvalue weighted by molar-refractivity contribution is 6.31. The Morgan fingerprint density at radius 2 is 1.58 bits per heavy atom. The third kappa shape index (κ3) is 3.71. The number of hydrogen-bond donors (Lipinski definition) is 2. The smallest absolute Gasteiger partial charge is 0.228 e. The van der Waals surface area contributed by atoms with Crippen molar-refractivity contribution in [3.8, 4) is 0 Å². The maximum absolute atomic E-state index is 12.3. The standard InChI is InChI=1S/C18H16Cl2N2O2/c1-10-15(20)3-2-4-16(10)22-18(24)14-9-13(14)17(23)21-12-7-5-11(19)6-8-12/h2-8,13-14H,9H2,1H3,(H,21,23)(H,22,24). The highest BCUT2D eigenvalue weighted by Gasteiger charge is 2.48. The molecule has 1 aliphatic rings. The Morgan fingerprint density at radius 1 is 0.958 bits per heavy atom. The molecule has 2 aromatic carbocycles. The fraction of sp³-hybridized carbons (Fsp3) is 0.222. The van der Waals surface area contributed by atoms with Crippen LogP contribution in [-0.4, -0.2) is 11.8 Å². The quantitative estimate of drug-likeness (QED) is 0.839. The molecule has 6 heteroatoms. The van der Waals surface area contributed by atoms with E-state index in [1.807, 2.05) is 6.92 Å². The molecule has 0 aliphatic heterocycles. The molecule has 1 aliphatic carbocycles. The van der Waals surface area contributed by atoms with Crippen molar-refractivity contribution < 1.29 is 9.59 Å². The molecule has 4 nitrogen and oxygen atoms in total. The minimum absolute atomic E-state index is 0.153. The van der Waals surface area contributed by atoms with Crippen molar-refractivity contribution >= 4 is 46.4 Å². The van der Waals surface area contributed by atoms with Crippen molar-refractivity contribution in [3.05, 3.63) is 58.1 Å². The summed E-state index contributed by atoms with van der Waals surface area (Å²) >= 11 is 11.9. The van der Waals surface area contributed by atoms with Crippen LogP contribution in [0.5, 0.6) is 0 Å². The van der Waals surface area contributed by atoms with Gasteiger partial charge in [0, 0.05) is 21.4 Å². The van der Waals surface area contributed by atoms with E-state index in [9.17, 15) is 9.59 Å². The lowest BCUT2D eigenvalue weighted by Crippen LogP contribution is -2.20. The Bertz CT molecular complexity index is 790. The highest BCUT2D eigenvalue weighted by atomic mass is 35.5. The summed E-state index contributed by atoms with van der Waals surface area (Å²) in [7, 11) is 0. The monoisotopic (exact) mass is 362 g/mol. The first-order valence-electron chi connectivity index (χ1n) is 7.58. The van der Waals surface area contributed by atoms with Crippen LogP contribution >= 0.6 is 23.2 Å². The summed E-state index contributed by atoms with van der Waals surface area (Å²) in [6.07, 6.45) is 0.546. The minimum Gasteiger partial charge on any atom is -0.326 e. The van der Waals surface area contributed by atoms with Crippen molar-refractivity contribution in [1.82, 2.24) is 0 Å². The lowest BCUT2D eigenvalue weighted by Gasteiger charge is -2.09. The topological polar surface area (TPSA) is 58.2 Å². The van der Waals surface area contributed by atoms with E-state index in [-0.39, 0.29) is 23.7 Å². The zero-order valence-corrected chi connectivity index (χ0v) is 14.5. The van der Waals surface area contributed by atoms with Gasteiger partial charge in [-0.2, -0.15) is 0 Å². The molecule has 0 radical (unpaired) electrons. The number of rotatable bonds is 4. The highest BCUT2D eigenvalue weighted by Crippen LogP contribution is 2.40. The number of halogens is 2. The third-order valence-corrected chi connectivity index (χ3v) is 4.76. The van der Waals surface area contributed by atoms with Crippen LogP contribution in [0.3, 0.4) is 0 Å². The van der Waals surface area contributed by atoms with Gasteiger partial charge in [-0.15, -0.1) is 0 Å². The van der Waals surface area contributed by atoms with E-state index >= 15 is 0 Å². The minimum atomic E-state index is -0.310. The molecule has 0 spiro atoms. The molecule has 2 amide bonds. The molecule has 1 fully saturated rings. The zero-order valence-electron chi connectivity index (χ0n) is 13.0. The molecule has 24 heavy (non-hydrogen) atoms. The number of nitrogens with one attached hydrogen (secondary N) is 2. The molecule has 1 saturated carbocycles. The van der Waals surface area contributed by atoms with E-state index in [1.54, 1.807) is 42.5 Å². The van der Waals surface area contributed by atoms with Gasteiger partial charge in [0.25, 0.3) is 0 Å². The van der Waals surface area contributed by atoms with Crippen molar-refractivity contribution in [1.29, 1.82) is 0 Å². The Kier molecular flexibility index (Phi) is 4.78. The van der Waals surface area contributed by atoms with Gasteiger partial charge in [-0.1, -0.05) is 29.3 Å². The molecular weight excluding hydrogens is 347 g/mol. The lowest BCUT2D eigenvalue weighted by atomic mass is 10.2. The van der Waals surface area contributed by atoms with E-state index in [4.69, 9.17) is 23.2 Å². The van der Waals surface area contributed by atoms with Crippen molar-refractivity contribution in [3.63, 3.8) is 0 Å². The molecular formula is C18H16Cl2N2O2. The summed E-state index contributed by atoms with van der Waals surface area (Å²) in [5.74, 6) is -0.923. The Hall–Kier alpha value is -2.04. The summed E-state index contributed by atoms with van der Waals surface area (Å²) in [5, 5.41) is 6.85. The number of anilines is 2. The van der Waals surface area contributed by atoms with Crippen molar-refractivity contribution in [2.24, 2.45) is 11.8 Å². The van der Waals surface area contributed by atoms with E-state index in [2.05, 4.69) is 10.6 Å². The molecule has 0 saturated heterocycles. The predicted molar refractivity (Wildman–Crippen MR) is 96.5 cm³/mol. The largest absolute Gasteiger partial charge is 0.326 e. The maximum atomic E-state index is 12.3. The van der Waals surface area contributed by atoms with Gasteiger partial charge in [-0.3, -0.25) is 9.59 Å². The number of amides is 2. The summed E-state index contributed by atoms with van der Waals surface area (Å²) in [5.41, 5.74) is 2.16. The van der Waals surface area contributed by atoms with Crippen LogP contribution in [0.15, 0.2) is 42.5 Å². The molecule has 2 atom stereocenters. The van der Waals surface area contributed by atoms with Gasteiger partial charge < -0.3 is 10.6 Å². The summed E-state index contributed by atoms with van der Waals surface area (Å²) < 4.78 is 0. The average Bonchev–Trinajstić information content (AvgIpc) is 3.35. The van der Waals surface area contributed by atoms with Gasteiger partial charge in [0.15, 0.2) is 0 Å².